The van der Waals surface area contributed by atoms with Gasteiger partial charge >= 0.3 is 5.97 Å². The first kappa shape index (κ1) is 20.2. The molecule has 0 aliphatic rings. The molecule has 134 valence electrons. The van der Waals surface area contributed by atoms with E-state index >= 15 is 0 Å². The molecule has 1 aromatic rings. The number of hydrogen-bond donors (Lipinski definition) is 2. The summed E-state index contributed by atoms with van der Waals surface area (Å²) in [4.78, 5) is 36.0. The van der Waals surface area contributed by atoms with E-state index in [1.54, 1.807) is 6.92 Å². The predicted molar refractivity (Wildman–Crippen MR) is 91.1 cm³/mol. The van der Waals surface area contributed by atoms with Crippen LogP contribution >= 0.6 is 0 Å². The van der Waals surface area contributed by atoms with Crippen LogP contribution in [0.15, 0.2) is 30.3 Å². The third kappa shape index (κ3) is 6.63. The maximum atomic E-state index is 12.6. The summed E-state index contributed by atoms with van der Waals surface area (Å²) >= 11 is 0. The molecule has 0 aromatic heterocycles. The van der Waals surface area contributed by atoms with Crippen LogP contribution in [-0.2, 0) is 25.5 Å². The van der Waals surface area contributed by atoms with Crippen molar-refractivity contribution in [2.24, 2.45) is 5.92 Å². The maximum absolute atomic E-state index is 12.6. The third-order valence-electron chi connectivity index (χ3n) is 3.71. The first-order valence-electron chi connectivity index (χ1n) is 7.95. The number of nitrogens with zero attached hydrogens (tertiary/aromatic N) is 1. The average Bonchev–Trinajstić information content (AvgIpc) is 2.58. The lowest BCUT2D eigenvalue weighted by Crippen LogP contribution is -2.54. The zero-order valence-corrected chi connectivity index (χ0v) is 14.6. The lowest BCUT2D eigenvalue weighted by atomic mass is 9.97. The lowest BCUT2D eigenvalue weighted by molar-refractivity contribution is -0.146. The zero-order valence-electron chi connectivity index (χ0n) is 14.6. The average molecular weight is 345 g/mol. The number of nitrogens with one attached hydrogen (secondary N) is 2. The van der Waals surface area contributed by atoms with E-state index in [-0.39, 0.29) is 18.7 Å². The fraction of sp³-hybridized carbons (Fsp3) is 0.444. The Morgan fingerprint density at radius 2 is 1.84 bits per heavy atom. The van der Waals surface area contributed by atoms with Crippen molar-refractivity contribution < 1.29 is 19.1 Å². The highest BCUT2D eigenvalue weighted by atomic mass is 16.5. The Bertz CT molecular complexity index is 639. The van der Waals surface area contributed by atoms with Gasteiger partial charge in [-0.15, -0.1) is 0 Å². The van der Waals surface area contributed by atoms with Gasteiger partial charge in [0.25, 0.3) is 0 Å². The van der Waals surface area contributed by atoms with E-state index < -0.39 is 29.9 Å². The molecule has 2 amide bonds. The van der Waals surface area contributed by atoms with Crippen molar-refractivity contribution in [1.29, 1.82) is 5.26 Å². The molecule has 25 heavy (non-hydrogen) atoms. The number of methoxy groups -OCH3 is 1. The number of carbonyl (C=O) groups excluding carboxylic acids is 3. The topological polar surface area (TPSA) is 108 Å². The molecule has 3 atom stereocenters. The van der Waals surface area contributed by atoms with Gasteiger partial charge in [0.15, 0.2) is 0 Å². The number of nitriles is 1. The van der Waals surface area contributed by atoms with Gasteiger partial charge in [0.1, 0.15) is 12.1 Å². The summed E-state index contributed by atoms with van der Waals surface area (Å²) in [5.74, 6) is -1.90. The normalized spacial score (nSPS) is 13.7. The van der Waals surface area contributed by atoms with Crippen LogP contribution in [0.4, 0.5) is 0 Å². The van der Waals surface area contributed by atoms with E-state index in [1.165, 1.54) is 14.0 Å². The lowest BCUT2D eigenvalue weighted by Gasteiger charge is -2.24. The summed E-state index contributed by atoms with van der Waals surface area (Å²) in [6.07, 6.45) is 0.371. The molecule has 0 aliphatic carbocycles. The second-order valence-electron chi connectivity index (χ2n) is 5.79. The minimum atomic E-state index is -0.954. The molecule has 2 N–H and O–H groups in total. The van der Waals surface area contributed by atoms with Gasteiger partial charge in [-0.25, -0.2) is 4.79 Å². The summed E-state index contributed by atoms with van der Waals surface area (Å²) in [7, 11) is 1.22. The van der Waals surface area contributed by atoms with Crippen LogP contribution in [0.25, 0.3) is 0 Å². The van der Waals surface area contributed by atoms with E-state index in [1.807, 2.05) is 36.4 Å². The molecule has 0 saturated carbocycles. The minimum Gasteiger partial charge on any atom is -0.467 e. The van der Waals surface area contributed by atoms with Crippen LogP contribution in [0.1, 0.15) is 25.8 Å². The molecular formula is C18H23N3O4. The van der Waals surface area contributed by atoms with Gasteiger partial charge < -0.3 is 15.4 Å². The molecule has 0 spiro atoms. The fourth-order valence-electron chi connectivity index (χ4n) is 2.38. The highest BCUT2D eigenvalue weighted by Gasteiger charge is 2.30. The molecule has 7 heteroatoms. The SMILES string of the molecule is COC(=O)[C@@H](NC(=O)[C@@H](Cc1ccccc1)NC(C)=O)[C@H](C)CC#N. The number of amides is 2. The Morgan fingerprint density at radius 3 is 2.36 bits per heavy atom. The van der Waals surface area contributed by atoms with E-state index in [9.17, 15) is 14.4 Å². The molecule has 1 aromatic carbocycles. The third-order valence-corrected chi connectivity index (χ3v) is 3.71. The number of benzene rings is 1. The van der Waals surface area contributed by atoms with Crippen LogP contribution in [0.5, 0.6) is 0 Å². The first-order chi connectivity index (χ1) is 11.9. The number of hydrogen-bond acceptors (Lipinski definition) is 5. The maximum Gasteiger partial charge on any atom is 0.328 e. The Morgan fingerprint density at radius 1 is 1.20 bits per heavy atom. The van der Waals surface area contributed by atoms with Crippen molar-refractivity contribution in [1.82, 2.24) is 10.6 Å². The van der Waals surface area contributed by atoms with Crippen molar-refractivity contribution in [3.05, 3.63) is 35.9 Å². The molecular weight excluding hydrogens is 322 g/mol. The zero-order chi connectivity index (χ0) is 18.8. The van der Waals surface area contributed by atoms with Gasteiger partial charge in [0, 0.05) is 25.7 Å². The number of carbonyl (C=O) groups is 3. The molecule has 0 unspecified atom stereocenters. The van der Waals surface area contributed by atoms with Crippen molar-refractivity contribution in [3.8, 4) is 6.07 Å². The predicted octanol–water partition coefficient (Wildman–Crippen LogP) is 0.941. The fourth-order valence-corrected chi connectivity index (χ4v) is 2.38. The largest absolute Gasteiger partial charge is 0.467 e. The second kappa shape index (κ2) is 10.1. The Labute approximate surface area is 147 Å². The van der Waals surface area contributed by atoms with Crippen molar-refractivity contribution >= 4 is 17.8 Å². The van der Waals surface area contributed by atoms with Crippen LogP contribution in [-0.4, -0.2) is 37.0 Å². The summed E-state index contributed by atoms with van der Waals surface area (Å²) in [5.41, 5.74) is 0.871. The van der Waals surface area contributed by atoms with E-state index in [2.05, 4.69) is 10.6 Å². The highest BCUT2D eigenvalue weighted by molar-refractivity contribution is 5.90. The van der Waals surface area contributed by atoms with Crippen LogP contribution < -0.4 is 10.6 Å². The number of rotatable bonds is 8. The van der Waals surface area contributed by atoms with Crippen LogP contribution in [0.2, 0.25) is 0 Å². The second-order valence-corrected chi connectivity index (χ2v) is 5.79. The summed E-state index contributed by atoms with van der Waals surface area (Å²) in [5, 5.41) is 14.0. The summed E-state index contributed by atoms with van der Waals surface area (Å²) < 4.78 is 4.71. The highest BCUT2D eigenvalue weighted by Crippen LogP contribution is 2.11. The minimum absolute atomic E-state index is 0.0868. The smallest absolute Gasteiger partial charge is 0.328 e. The summed E-state index contributed by atoms with van der Waals surface area (Å²) in [6.45, 7) is 3.00. The molecule has 0 aliphatic heterocycles. The quantitative estimate of drug-likeness (QED) is 0.682. The monoisotopic (exact) mass is 345 g/mol. The first-order valence-corrected chi connectivity index (χ1v) is 7.95. The van der Waals surface area contributed by atoms with Crippen LogP contribution in [0.3, 0.4) is 0 Å². The Balaban J connectivity index is 2.92. The van der Waals surface area contributed by atoms with E-state index in [0.29, 0.717) is 0 Å². The van der Waals surface area contributed by atoms with E-state index in [0.717, 1.165) is 5.56 Å². The number of ether oxygens (including phenoxy) is 1. The van der Waals surface area contributed by atoms with Gasteiger partial charge in [0.05, 0.1) is 13.2 Å². The molecule has 0 saturated heterocycles. The van der Waals surface area contributed by atoms with Gasteiger partial charge in [-0.2, -0.15) is 5.26 Å². The van der Waals surface area contributed by atoms with Gasteiger partial charge in [-0.3, -0.25) is 9.59 Å². The van der Waals surface area contributed by atoms with Gasteiger partial charge in [0.2, 0.25) is 11.8 Å². The van der Waals surface area contributed by atoms with Crippen molar-refractivity contribution in [3.63, 3.8) is 0 Å². The molecule has 1 rings (SSSR count). The Kier molecular flexibility index (Phi) is 8.13. The van der Waals surface area contributed by atoms with Gasteiger partial charge in [-0.05, 0) is 5.56 Å². The molecule has 0 bridgehead atoms. The standard InChI is InChI=1S/C18H23N3O4/c1-12(9-10-19)16(18(24)25-3)21-17(23)15(20-13(2)22)11-14-7-5-4-6-8-14/h4-8,12,15-16H,9,11H2,1-3H3,(H,20,22)(H,21,23)/t12-,15-,16+/m1/s1. The number of esters is 1. The van der Waals surface area contributed by atoms with Crippen LogP contribution in [0, 0.1) is 17.2 Å². The van der Waals surface area contributed by atoms with Crippen molar-refractivity contribution in [2.75, 3.05) is 7.11 Å². The Hall–Kier alpha value is -2.88. The summed E-state index contributed by atoms with van der Waals surface area (Å²) in [6, 6.07) is 9.41. The molecule has 7 nitrogen and oxygen atoms in total. The molecule has 0 heterocycles. The molecule has 0 radical (unpaired) electrons. The van der Waals surface area contributed by atoms with E-state index in [4.69, 9.17) is 10.00 Å². The van der Waals surface area contributed by atoms with Crippen molar-refractivity contribution in [2.45, 2.75) is 38.8 Å². The molecule has 0 fully saturated rings. The van der Waals surface area contributed by atoms with Gasteiger partial charge in [-0.1, -0.05) is 37.3 Å².